The molecule has 0 spiro atoms. The second kappa shape index (κ2) is 11.5. The number of nitrogens with one attached hydrogen (secondary N) is 1. The molecule has 0 aliphatic carbocycles. The van der Waals surface area contributed by atoms with Gasteiger partial charge in [-0.15, -0.1) is 0 Å². The minimum atomic E-state index is -0.412. The lowest BCUT2D eigenvalue weighted by atomic mass is 10.1. The molecule has 0 radical (unpaired) electrons. The van der Waals surface area contributed by atoms with E-state index in [-0.39, 0.29) is 4.32 Å². The Labute approximate surface area is 231 Å². The lowest BCUT2D eigenvalue weighted by molar-refractivity contribution is -0.123. The summed E-state index contributed by atoms with van der Waals surface area (Å²) in [6.07, 6.45) is 1.69. The number of rotatable bonds is 7. The van der Waals surface area contributed by atoms with Crippen molar-refractivity contribution in [1.82, 2.24) is 10.4 Å². The predicted molar refractivity (Wildman–Crippen MR) is 150 cm³/mol. The summed E-state index contributed by atoms with van der Waals surface area (Å²) in [6.45, 7) is 2.15. The molecule has 1 aliphatic rings. The number of hydrazine groups is 1. The number of ether oxygens (including phenoxy) is 2. The number of benzene rings is 3. The Balaban J connectivity index is 1.51. The summed E-state index contributed by atoms with van der Waals surface area (Å²) in [4.78, 5) is 26.1. The first-order valence-corrected chi connectivity index (χ1v) is 13.1. The van der Waals surface area contributed by atoms with Crippen LogP contribution < -0.4 is 14.9 Å². The number of hydrogen-bond acceptors (Lipinski definition) is 6. The number of aryl methyl sites for hydroxylation is 1. The number of thioether (sulfide) groups is 1. The monoisotopic (exact) mass is 602 g/mol. The molecule has 3 aromatic carbocycles. The molecule has 1 fully saturated rings. The van der Waals surface area contributed by atoms with E-state index in [4.69, 9.17) is 33.3 Å². The molecule has 1 N–H and O–H groups in total. The summed E-state index contributed by atoms with van der Waals surface area (Å²) in [5.74, 6) is 0.206. The van der Waals surface area contributed by atoms with Crippen molar-refractivity contribution in [1.29, 1.82) is 0 Å². The van der Waals surface area contributed by atoms with Gasteiger partial charge in [0.05, 0.1) is 16.5 Å². The van der Waals surface area contributed by atoms with Crippen LogP contribution in [0, 0.1) is 6.92 Å². The largest absolute Gasteiger partial charge is 0.493 e. The van der Waals surface area contributed by atoms with E-state index in [1.807, 2.05) is 37.3 Å². The fourth-order valence-electron chi connectivity index (χ4n) is 3.40. The highest BCUT2D eigenvalue weighted by Crippen LogP contribution is 2.39. The fraction of sp³-hybridized carbons (Fsp3) is 0.115. The number of carbonyl (C=O) groups excluding carboxylic acids is 2. The molecule has 6 nitrogen and oxygen atoms in total. The Hall–Kier alpha value is -2.85. The van der Waals surface area contributed by atoms with Crippen molar-refractivity contribution < 1.29 is 19.1 Å². The number of nitrogens with zero attached hydrogens (tertiary/aromatic N) is 1. The van der Waals surface area contributed by atoms with Crippen LogP contribution in [-0.2, 0) is 11.4 Å². The second-order valence-corrected chi connectivity index (χ2v) is 10.7. The summed E-state index contributed by atoms with van der Waals surface area (Å²) in [5, 5.41) is 1.75. The van der Waals surface area contributed by atoms with E-state index >= 15 is 0 Å². The Morgan fingerprint density at radius 3 is 2.61 bits per heavy atom. The first-order chi connectivity index (χ1) is 17.3. The van der Waals surface area contributed by atoms with Crippen LogP contribution in [0.3, 0.4) is 0 Å². The highest BCUT2D eigenvalue weighted by Gasteiger charge is 2.34. The van der Waals surface area contributed by atoms with Crippen molar-refractivity contribution in [3.05, 3.63) is 97.3 Å². The summed E-state index contributed by atoms with van der Waals surface area (Å²) in [6, 6.07) is 18.1. The smallest absolute Gasteiger partial charge is 0.285 e. The van der Waals surface area contributed by atoms with E-state index in [1.165, 1.54) is 0 Å². The third-order valence-corrected chi connectivity index (χ3v) is 7.39. The van der Waals surface area contributed by atoms with Crippen LogP contribution in [0.25, 0.3) is 6.08 Å². The quantitative estimate of drug-likeness (QED) is 0.244. The van der Waals surface area contributed by atoms with Gasteiger partial charge < -0.3 is 9.47 Å². The van der Waals surface area contributed by atoms with Gasteiger partial charge >= 0.3 is 0 Å². The lowest BCUT2D eigenvalue weighted by Crippen LogP contribution is -2.45. The molecule has 1 aliphatic heterocycles. The van der Waals surface area contributed by atoms with Crippen molar-refractivity contribution >= 4 is 73.7 Å². The molecular formula is C26H20BrClN2O4S2. The topological polar surface area (TPSA) is 67.9 Å². The Morgan fingerprint density at radius 2 is 1.92 bits per heavy atom. The maximum atomic E-state index is 13.0. The molecule has 0 saturated carbocycles. The van der Waals surface area contributed by atoms with E-state index in [1.54, 1.807) is 43.5 Å². The van der Waals surface area contributed by atoms with Crippen molar-refractivity contribution in [3.63, 3.8) is 0 Å². The molecule has 36 heavy (non-hydrogen) atoms. The molecule has 0 atom stereocenters. The zero-order valence-electron chi connectivity index (χ0n) is 19.2. The maximum absolute atomic E-state index is 13.0. The van der Waals surface area contributed by atoms with Gasteiger partial charge in [-0.25, -0.2) is 0 Å². The summed E-state index contributed by atoms with van der Waals surface area (Å²) >= 11 is 15.9. The average molecular weight is 604 g/mol. The molecule has 184 valence electrons. The van der Waals surface area contributed by atoms with Crippen LogP contribution >= 0.6 is 51.5 Å². The standard InChI is InChI=1S/C26H20BrClN2O4S2/c1-15-5-3-4-6-19(15)24(31)29-30-25(32)22(36-26(30)35)13-17-11-20(27)23(21(12-17)33-2)34-14-16-7-9-18(28)10-8-16/h3-13H,14H2,1-2H3,(H,29,31)/b22-13-. The van der Waals surface area contributed by atoms with Crippen LogP contribution in [0.5, 0.6) is 11.5 Å². The summed E-state index contributed by atoms with van der Waals surface area (Å²) in [5.41, 5.74) is 5.53. The Morgan fingerprint density at radius 1 is 1.19 bits per heavy atom. The van der Waals surface area contributed by atoms with Gasteiger partial charge in [-0.3, -0.25) is 15.0 Å². The van der Waals surface area contributed by atoms with Gasteiger partial charge in [0.1, 0.15) is 6.61 Å². The number of amides is 2. The SMILES string of the molecule is COc1cc(/C=C2\SC(=S)N(NC(=O)c3ccccc3C)C2=O)cc(Br)c1OCc1ccc(Cl)cc1. The van der Waals surface area contributed by atoms with Crippen molar-refractivity contribution in [2.24, 2.45) is 0 Å². The normalized spacial score (nSPS) is 14.3. The molecule has 4 rings (SSSR count). The molecular weight excluding hydrogens is 584 g/mol. The third-order valence-electron chi connectivity index (χ3n) is 5.24. The van der Waals surface area contributed by atoms with Gasteiger partial charge in [0.15, 0.2) is 15.8 Å². The van der Waals surface area contributed by atoms with Crippen molar-refractivity contribution in [2.75, 3.05) is 7.11 Å². The molecule has 0 bridgehead atoms. The second-order valence-electron chi connectivity index (χ2n) is 7.72. The van der Waals surface area contributed by atoms with E-state index in [2.05, 4.69) is 21.4 Å². The van der Waals surface area contributed by atoms with E-state index in [0.29, 0.717) is 43.6 Å². The van der Waals surface area contributed by atoms with Gasteiger partial charge in [-0.05, 0) is 88.2 Å². The van der Waals surface area contributed by atoms with E-state index < -0.39 is 11.8 Å². The predicted octanol–water partition coefficient (Wildman–Crippen LogP) is 6.54. The van der Waals surface area contributed by atoms with Gasteiger partial charge in [0, 0.05) is 10.6 Å². The first-order valence-electron chi connectivity index (χ1n) is 10.7. The fourth-order valence-corrected chi connectivity index (χ4v) is 5.28. The Kier molecular flexibility index (Phi) is 8.35. The van der Waals surface area contributed by atoms with Crippen LogP contribution in [0.1, 0.15) is 27.0 Å². The number of thiocarbonyl (C=S) groups is 1. The average Bonchev–Trinajstić information content (AvgIpc) is 3.11. The van der Waals surface area contributed by atoms with Crippen LogP contribution in [-0.4, -0.2) is 28.3 Å². The van der Waals surface area contributed by atoms with E-state index in [9.17, 15) is 9.59 Å². The van der Waals surface area contributed by atoms with Gasteiger partial charge in [-0.1, -0.05) is 53.7 Å². The zero-order valence-corrected chi connectivity index (χ0v) is 23.2. The lowest BCUT2D eigenvalue weighted by Gasteiger charge is -2.16. The number of hydrogen-bond donors (Lipinski definition) is 1. The molecule has 1 saturated heterocycles. The zero-order chi connectivity index (χ0) is 25.8. The van der Waals surface area contributed by atoms with Gasteiger partial charge in [0.25, 0.3) is 11.8 Å². The minimum absolute atomic E-state index is 0.238. The molecule has 1 heterocycles. The van der Waals surface area contributed by atoms with Crippen LogP contribution in [0.4, 0.5) is 0 Å². The highest BCUT2D eigenvalue weighted by molar-refractivity contribution is 9.10. The van der Waals surface area contributed by atoms with Gasteiger partial charge in [-0.2, -0.15) is 5.01 Å². The molecule has 0 aromatic heterocycles. The van der Waals surface area contributed by atoms with Gasteiger partial charge in [0.2, 0.25) is 0 Å². The number of methoxy groups -OCH3 is 1. The van der Waals surface area contributed by atoms with Crippen molar-refractivity contribution in [3.8, 4) is 11.5 Å². The van der Waals surface area contributed by atoms with Crippen LogP contribution in [0.2, 0.25) is 5.02 Å². The maximum Gasteiger partial charge on any atom is 0.285 e. The summed E-state index contributed by atoms with van der Waals surface area (Å²) < 4.78 is 12.4. The van der Waals surface area contributed by atoms with Crippen molar-refractivity contribution in [2.45, 2.75) is 13.5 Å². The molecule has 3 aromatic rings. The Bertz CT molecular complexity index is 1380. The molecule has 0 unspecified atom stereocenters. The number of carbonyl (C=O) groups is 2. The molecule has 2 amide bonds. The first kappa shape index (κ1) is 26.2. The number of halogens is 2. The third kappa shape index (κ3) is 5.92. The minimum Gasteiger partial charge on any atom is -0.493 e. The highest BCUT2D eigenvalue weighted by atomic mass is 79.9. The summed E-state index contributed by atoms with van der Waals surface area (Å²) in [7, 11) is 1.54. The molecule has 10 heteroatoms. The van der Waals surface area contributed by atoms with Crippen LogP contribution in [0.15, 0.2) is 70.0 Å². The van der Waals surface area contributed by atoms with E-state index in [0.717, 1.165) is 27.9 Å².